The minimum atomic E-state index is -0.493. The van der Waals surface area contributed by atoms with E-state index < -0.39 is 11.8 Å². The van der Waals surface area contributed by atoms with Gasteiger partial charge in [0.1, 0.15) is 5.57 Å². The van der Waals surface area contributed by atoms with Gasteiger partial charge in [-0.2, -0.15) is 0 Å². The number of hydrogen-bond acceptors (Lipinski definition) is 4. The Labute approximate surface area is 176 Å². The van der Waals surface area contributed by atoms with Gasteiger partial charge in [-0.15, -0.1) is 0 Å². The average molecular weight is 466 g/mol. The van der Waals surface area contributed by atoms with E-state index in [0.717, 1.165) is 4.47 Å². The third-order valence-electron chi connectivity index (χ3n) is 3.89. The summed E-state index contributed by atoms with van der Waals surface area (Å²) in [4.78, 5) is 25.1. The van der Waals surface area contributed by atoms with E-state index in [0.29, 0.717) is 41.0 Å². The molecule has 1 heterocycles. The van der Waals surface area contributed by atoms with Gasteiger partial charge < -0.3 is 9.47 Å². The fraction of sp³-hybridized carbons (Fsp3) is 0.200. The van der Waals surface area contributed by atoms with E-state index in [2.05, 4.69) is 21.4 Å². The topological polar surface area (TPSA) is 67.9 Å². The van der Waals surface area contributed by atoms with Crippen LogP contribution in [-0.4, -0.2) is 25.0 Å². The van der Waals surface area contributed by atoms with Crippen molar-refractivity contribution >= 4 is 51.1 Å². The number of halogens is 2. The summed E-state index contributed by atoms with van der Waals surface area (Å²) in [5, 5.41) is 1.55. The van der Waals surface area contributed by atoms with Gasteiger partial charge in [0.25, 0.3) is 11.8 Å². The lowest BCUT2D eigenvalue weighted by Gasteiger charge is -2.14. The maximum Gasteiger partial charge on any atom is 0.282 e. The maximum atomic E-state index is 12.8. The standard InChI is InChI=1S/C20H18BrClN2O4/c1-3-27-17-10-12(9-16(22)18(17)28-4-2)8-15-19(25)23-24(20(15)26)14-7-5-6-13(21)11-14/h5-11H,3-4H2,1-2H3,(H,23,25)/b15-8-. The van der Waals surface area contributed by atoms with Crippen LogP contribution in [-0.2, 0) is 9.59 Å². The lowest BCUT2D eigenvalue weighted by atomic mass is 10.1. The first-order chi connectivity index (χ1) is 13.4. The van der Waals surface area contributed by atoms with Crippen molar-refractivity contribution in [2.24, 2.45) is 0 Å². The van der Waals surface area contributed by atoms with Gasteiger partial charge in [0.15, 0.2) is 11.5 Å². The van der Waals surface area contributed by atoms with Crippen molar-refractivity contribution in [2.75, 3.05) is 18.2 Å². The van der Waals surface area contributed by atoms with Crippen molar-refractivity contribution in [2.45, 2.75) is 13.8 Å². The molecule has 0 atom stereocenters. The third-order valence-corrected chi connectivity index (χ3v) is 4.66. The van der Waals surface area contributed by atoms with Crippen molar-refractivity contribution in [1.82, 2.24) is 5.43 Å². The molecule has 2 amide bonds. The zero-order valence-corrected chi connectivity index (χ0v) is 17.6. The molecule has 1 aliphatic heterocycles. The summed E-state index contributed by atoms with van der Waals surface area (Å²) in [6.07, 6.45) is 1.49. The first kappa shape index (κ1) is 20.2. The number of carbonyl (C=O) groups is 2. The molecule has 0 spiro atoms. The molecule has 2 aromatic carbocycles. The molecule has 2 aromatic rings. The van der Waals surface area contributed by atoms with Crippen LogP contribution in [0.2, 0.25) is 5.02 Å². The summed E-state index contributed by atoms with van der Waals surface area (Å²) >= 11 is 9.67. The van der Waals surface area contributed by atoms with E-state index in [1.165, 1.54) is 11.1 Å². The minimum Gasteiger partial charge on any atom is -0.490 e. The Balaban J connectivity index is 1.96. The molecule has 3 rings (SSSR count). The number of rotatable bonds is 6. The molecular formula is C20H18BrClN2O4. The van der Waals surface area contributed by atoms with Crippen molar-refractivity contribution in [3.8, 4) is 11.5 Å². The van der Waals surface area contributed by atoms with E-state index in [9.17, 15) is 9.59 Å². The largest absolute Gasteiger partial charge is 0.490 e. The maximum absolute atomic E-state index is 12.8. The molecule has 0 radical (unpaired) electrons. The van der Waals surface area contributed by atoms with Crippen LogP contribution in [0.3, 0.4) is 0 Å². The number of benzene rings is 2. The van der Waals surface area contributed by atoms with Crippen LogP contribution in [0.1, 0.15) is 19.4 Å². The quantitative estimate of drug-likeness (QED) is 0.508. The summed E-state index contributed by atoms with van der Waals surface area (Å²) in [7, 11) is 0. The van der Waals surface area contributed by atoms with Crippen molar-refractivity contribution in [3.05, 3.63) is 57.0 Å². The summed E-state index contributed by atoms with van der Waals surface area (Å²) in [5.41, 5.74) is 3.69. The van der Waals surface area contributed by atoms with E-state index in [1.807, 2.05) is 19.9 Å². The molecule has 6 nitrogen and oxygen atoms in total. The number of nitrogens with zero attached hydrogens (tertiary/aromatic N) is 1. The average Bonchev–Trinajstić information content (AvgIpc) is 2.93. The van der Waals surface area contributed by atoms with Crippen molar-refractivity contribution in [3.63, 3.8) is 0 Å². The molecular weight excluding hydrogens is 448 g/mol. The Bertz CT molecular complexity index is 961. The molecule has 0 aliphatic carbocycles. The Morgan fingerprint density at radius 2 is 1.89 bits per heavy atom. The highest BCUT2D eigenvalue weighted by Crippen LogP contribution is 2.37. The fourth-order valence-corrected chi connectivity index (χ4v) is 3.40. The zero-order valence-electron chi connectivity index (χ0n) is 15.3. The lowest BCUT2D eigenvalue weighted by Crippen LogP contribution is -2.35. The minimum absolute atomic E-state index is 0.00245. The fourth-order valence-electron chi connectivity index (χ4n) is 2.74. The number of hydrogen-bond donors (Lipinski definition) is 1. The second kappa shape index (κ2) is 8.67. The SMILES string of the molecule is CCOc1cc(/C=C2/C(=O)NN(c3cccc(Br)c3)C2=O)cc(Cl)c1OCC. The van der Waals surface area contributed by atoms with Gasteiger partial charge in [0.05, 0.1) is 23.9 Å². The summed E-state index contributed by atoms with van der Waals surface area (Å²) in [6.45, 7) is 4.55. The Hall–Kier alpha value is -2.51. The van der Waals surface area contributed by atoms with Gasteiger partial charge in [-0.25, -0.2) is 5.01 Å². The normalized spacial score (nSPS) is 15.1. The van der Waals surface area contributed by atoms with E-state index in [-0.39, 0.29) is 5.57 Å². The molecule has 146 valence electrons. The van der Waals surface area contributed by atoms with Crippen molar-refractivity contribution < 1.29 is 19.1 Å². The van der Waals surface area contributed by atoms with Crippen LogP contribution in [0.25, 0.3) is 6.08 Å². The number of amides is 2. The van der Waals surface area contributed by atoms with E-state index >= 15 is 0 Å². The second-order valence-corrected chi connectivity index (χ2v) is 7.14. The molecule has 8 heteroatoms. The third kappa shape index (κ3) is 4.15. The number of hydrazine groups is 1. The van der Waals surface area contributed by atoms with E-state index in [1.54, 1.807) is 30.3 Å². The van der Waals surface area contributed by atoms with Gasteiger partial charge >= 0.3 is 0 Å². The molecule has 0 saturated carbocycles. The van der Waals surface area contributed by atoms with Gasteiger partial charge in [-0.1, -0.05) is 33.6 Å². The summed E-state index contributed by atoms with van der Waals surface area (Å²) in [6, 6.07) is 10.4. The molecule has 0 unspecified atom stereocenters. The predicted molar refractivity (Wildman–Crippen MR) is 112 cm³/mol. The van der Waals surface area contributed by atoms with E-state index in [4.69, 9.17) is 21.1 Å². The lowest BCUT2D eigenvalue weighted by molar-refractivity contribution is -0.117. The number of anilines is 1. The van der Waals surface area contributed by atoms with Crippen LogP contribution >= 0.6 is 27.5 Å². The van der Waals surface area contributed by atoms with Gasteiger partial charge in [0.2, 0.25) is 0 Å². The number of ether oxygens (including phenoxy) is 2. The number of nitrogens with one attached hydrogen (secondary N) is 1. The Morgan fingerprint density at radius 3 is 2.57 bits per heavy atom. The molecule has 0 aromatic heterocycles. The molecule has 0 bridgehead atoms. The summed E-state index contributed by atoms with van der Waals surface area (Å²) in [5.74, 6) is -0.0523. The molecule has 28 heavy (non-hydrogen) atoms. The van der Waals surface area contributed by atoms with Crippen LogP contribution in [0.4, 0.5) is 5.69 Å². The highest BCUT2D eigenvalue weighted by Gasteiger charge is 2.34. The molecule has 1 N–H and O–H groups in total. The highest BCUT2D eigenvalue weighted by molar-refractivity contribution is 9.10. The predicted octanol–water partition coefficient (Wildman–Crippen LogP) is 4.36. The number of carbonyl (C=O) groups excluding carboxylic acids is 2. The molecule has 1 aliphatic rings. The zero-order chi connectivity index (χ0) is 20.3. The smallest absolute Gasteiger partial charge is 0.282 e. The first-order valence-electron chi connectivity index (χ1n) is 8.66. The van der Waals surface area contributed by atoms with Crippen LogP contribution in [0.5, 0.6) is 11.5 Å². The van der Waals surface area contributed by atoms with Crippen molar-refractivity contribution in [1.29, 1.82) is 0 Å². The van der Waals surface area contributed by atoms with Crippen LogP contribution < -0.4 is 19.9 Å². The molecule has 1 fully saturated rings. The van der Waals surface area contributed by atoms with Gasteiger partial charge in [-0.3, -0.25) is 15.0 Å². The molecule has 1 saturated heterocycles. The Morgan fingerprint density at radius 1 is 1.14 bits per heavy atom. The summed E-state index contributed by atoms with van der Waals surface area (Å²) < 4.78 is 11.9. The first-order valence-corrected chi connectivity index (χ1v) is 9.83. The van der Waals surface area contributed by atoms with Crippen LogP contribution in [0, 0.1) is 0 Å². The Kier molecular flexibility index (Phi) is 6.26. The van der Waals surface area contributed by atoms with Gasteiger partial charge in [-0.05, 0) is 55.8 Å². The second-order valence-electron chi connectivity index (χ2n) is 5.82. The highest BCUT2D eigenvalue weighted by atomic mass is 79.9. The van der Waals surface area contributed by atoms with Gasteiger partial charge in [0, 0.05) is 4.47 Å². The van der Waals surface area contributed by atoms with Crippen LogP contribution in [0.15, 0.2) is 46.4 Å². The monoisotopic (exact) mass is 464 g/mol.